The second-order valence-corrected chi connectivity index (χ2v) is 3.65. The van der Waals surface area contributed by atoms with Crippen LogP contribution in [0.25, 0.3) is 0 Å². The van der Waals surface area contributed by atoms with Gasteiger partial charge in [-0.15, -0.1) is 0 Å². The third-order valence-corrected chi connectivity index (χ3v) is 2.36. The third-order valence-electron chi connectivity index (χ3n) is 2.36. The number of rotatable bonds is 4. The van der Waals surface area contributed by atoms with Crippen molar-refractivity contribution in [2.75, 3.05) is 32.2 Å². The minimum atomic E-state index is -0.0801. The molecule has 0 spiro atoms. The molecule has 0 fully saturated rings. The molecule has 0 radical (unpaired) electrons. The molecule has 5 heteroatoms. The summed E-state index contributed by atoms with van der Waals surface area (Å²) in [6.45, 7) is 1.51. The van der Waals surface area contributed by atoms with Gasteiger partial charge in [-0.2, -0.15) is 0 Å². The van der Waals surface area contributed by atoms with Gasteiger partial charge in [0.15, 0.2) is 11.5 Å². The topological polar surface area (TPSA) is 56.8 Å². The summed E-state index contributed by atoms with van der Waals surface area (Å²) in [5, 5.41) is 2.77. The maximum Gasteiger partial charge on any atom is 0.226 e. The van der Waals surface area contributed by atoms with Gasteiger partial charge >= 0.3 is 0 Å². The molecule has 0 unspecified atom stereocenters. The van der Waals surface area contributed by atoms with Crippen molar-refractivity contribution in [2.24, 2.45) is 0 Å². The summed E-state index contributed by atoms with van der Waals surface area (Å²) in [6, 6.07) is 5.35. The Bertz CT molecular complexity index is 405. The molecule has 1 aromatic rings. The van der Waals surface area contributed by atoms with Crippen molar-refractivity contribution in [3.63, 3.8) is 0 Å². The van der Waals surface area contributed by atoms with Gasteiger partial charge in [0.25, 0.3) is 0 Å². The summed E-state index contributed by atoms with van der Waals surface area (Å²) in [5.41, 5.74) is 0.704. The average molecular weight is 237 g/mol. The maximum absolute atomic E-state index is 11.5. The van der Waals surface area contributed by atoms with Gasteiger partial charge in [0.05, 0.1) is 13.0 Å². The summed E-state index contributed by atoms with van der Waals surface area (Å²) in [6.07, 6.45) is 0.338. The first-order valence-corrected chi connectivity index (χ1v) is 5.48. The van der Waals surface area contributed by atoms with E-state index in [0.717, 1.165) is 0 Å². The van der Waals surface area contributed by atoms with Crippen molar-refractivity contribution in [1.29, 1.82) is 0 Å². The number of amides is 1. The molecular weight excluding hydrogens is 222 g/mol. The zero-order valence-corrected chi connectivity index (χ0v) is 9.69. The number of nitrogens with one attached hydrogen (secondary N) is 1. The highest BCUT2D eigenvalue weighted by molar-refractivity contribution is 5.91. The van der Waals surface area contributed by atoms with Crippen LogP contribution in [0.2, 0.25) is 0 Å². The van der Waals surface area contributed by atoms with E-state index >= 15 is 0 Å². The van der Waals surface area contributed by atoms with Crippen LogP contribution in [0.4, 0.5) is 5.69 Å². The number of carbonyl (C=O) groups excluding carboxylic acids is 1. The van der Waals surface area contributed by atoms with Gasteiger partial charge < -0.3 is 19.5 Å². The zero-order valence-electron chi connectivity index (χ0n) is 9.69. The van der Waals surface area contributed by atoms with Crippen molar-refractivity contribution in [3.05, 3.63) is 18.2 Å². The van der Waals surface area contributed by atoms with Crippen LogP contribution in [-0.4, -0.2) is 32.8 Å². The fourth-order valence-electron chi connectivity index (χ4n) is 1.54. The Balaban J connectivity index is 1.99. The Kier molecular flexibility index (Phi) is 3.82. The van der Waals surface area contributed by atoms with E-state index in [2.05, 4.69) is 5.32 Å². The number of benzene rings is 1. The lowest BCUT2D eigenvalue weighted by molar-refractivity contribution is -0.117. The Labute approximate surface area is 99.7 Å². The van der Waals surface area contributed by atoms with Crippen LogP contribution in [0.5, 0.6) is 11.5 Å². The molecule has 0 bridgehead atoms. The van der Waals surface area contributed by atoms with Crippen molar-refractivity contribution >= 4 is 11.6 Å². The molecule has 1 heterocycles. The van der Waals surface area contributed by atoms with E-state index in [-0.39, 0.29) is 5.91 Å². The van der Waals surface area contributed by atoms with Crippen LogP contribution in [0.15, 0.2) is 18.2 Å². The monoisotopic (exact) mass is 237 g/mol. The molecule has 5 nitrogen and oxygen atoms in total. The summed E-state index contributed by atoms with van der Waals surface area (Å²) < 4.78 is 15.7. The maximum atomic E-state index is 11.5. The number of fused-ring (bicyclic) bond motifs is 1. The van der Waals surface area contributed by atoms with Crippen molar-refractivity contribution in [2.45, 2.75) is 6.42 Å². The Morgan fingerprint density at radius 2 is 2.12 bits per heavy atom. The van der Waals surface area contributed by atoms with Crippen LogP contribution in [0.3, 0.4) is 0 Å². The predicted molar refractivity (Wildman–Crippen MR) is 62.6 cm³/mol. The largest absolute Gasteiger partial charge is 0.486 e. The fraction of sp³-hybridized carbons (Fsp3) is 0.417. The minimum absolute atomic E-state index is 0.0801. The Morgan fingerprint density at radius 1 is 1.35 bits per heavy atom. The molecule has 0 saturated heterocycles. The molecule has 1 amide bonds. The van der Waals surface area contributed by atoms with Crippen molar-refractivity contribution < 1.29 is 19.0 Å². The molecule has 0 aromatic heterocycles. The number of carbonyl (C=O) groups is 1. The van der Waals surface area contributed by atoms with Gasteiger partial charge in [-0.25, -0.2) is 0 Å². The second kappa shape index (κ2) is 5.54. The summed E-state index contributed by atoms with van der Waals surface area (Å²) >= 11 is 0. The van der Waals surface area contributed by atoms with Crippen LogP contribution >= 0.6 is 0 Å². The SMILES string of the molecule is COCCC(=O)Nc1ccc2c(c1)OCCO2. The van der Waals surface area contributed by atoms with Crippen molar-refractivity contribution in [3.8, 4) is 11.5 Å². The molecule has 17 heavy (non-hydrogen) atoms. The van der Waals surface area contributed by atoms with Gasteiger partial charge in [0.2, 0.25) is 5.91 Å². The standard InChI is InChI=1S/C12H15NO4/c1-15-5-4-12(14)13-9-2-3-10-11(8-9)17-7-6-16-10/h2-3,8H,4-7H2,1H3,(H,13,14). The van der Waals surface area contributed by atoms with Gasteiger partial charge in [0.1, 0.15) is 13.2 Å². The Hall–Kier alpha value is -1.75. The molecule has 1 aliphatic heterocycles. The van der Waals surface area contributed by atoms with Gasteiger partial charge in [-0.05, 0) is 12.1 Å². The van der Waals surface area contributed by atoms with E-state index in [1.807, 2.05) is 0 Å². The lowest BCUT2D eigenvalue weighted by Gasteiger charge is -2.18. The highest BCUT2D eigenvalue weighted by Gasteiger charge is 2.12. The number of anilines is 1. The molecule has 2 rings (SSSR count). The van der Waals surface area contributed by atoms with Crippen molar-refractivity contribution in [1.82, 2.24) is 0 Å². The highest BCUT2D eigenvalue weighted by Crippen LogP contribution is 2.32. The van der Waals surface area contributed by atoms with E-state index in [1.54, 1.807) is 25.3 Å². The summed E-state index contributed by atoms with van der Waals surface area (Å²) in [7, 11) is 1.57. The first kappa shape index (κ1) is 11.7. The van der Waals surface area contributed by atoms with Crippen LogP contribution < -0.4 is 14.8 Å². The normalized spacial score (nSPS) is 13.2. The average Bonchev–Trinajstić information content (AvgIpc) is 2.36. The fourth-order valence-corrected chi connectivity index (χ4v) is 1.54. The minimum Gasteiger partial charge on any atom is -0.486 e. The molecule has 1 aromatic carbocycles. The van der Waals surface area contributed by atoms with Crippen LogP contribution in [0, 0.1) is 0 Å². The molecule has 1 N–H and O–H groups in total. The van der Waals surface area contributed by atoms with Gasteiger partial charge in [-0.3, -0.25) is 4.79 Å². The number of hydrogen-bond acceptors (Lipinski definition) is 4. The first-order valence-electron chi connectivity index (χ1n) is 5.48. The number of ether oxygens (including phenoxy) is 3. The van der Waals surface area contributed by atoms with E-state index < -0.39 is 0 Å². The lowest BCUT2D eigenvalue weighted by Crippen LogP contribution is -2.17. The van der Waals surface area contributed by atoms with Gasteiger partial charge in [0, 0.05) is 18.9 Å². The number of methoxy groups -OCH3 is 1. The van der Waals surface area contributed by atoms with E-state index in [0.29, 0.717) is 43.4 Å². The molecule has 92 valence electrons. The zero-order chi connectivity index (χ0) is 12.1. The van der Waals surface area contributed by atoms with Gasteiger partial charge in [-0.1, -0.05) is 0 Å². The smallest absolute Gasteiger partial charge is 0.226 e. The van der Waals surface area contributed by atoms with E-state index in [9.17, 15) is 4.79 Å². The van der Waals surface area contributed by atoms with Crippen LogP contribution in [-0.2, 0) is 9.53 Å². The molecule has 0 atom stereocenters. The molecular formula is C12H15NO4. The van der Waals surface area contributed by atoms with Crippen LogP contribution in [0.1, 0.15) is 6.42 Å². The third kappa shape index (κ3) is 3.10. The molecule has 1 aliphatic rings. The lowest BCUT2D eigenvalue weighted by atomic mass is 10.2. The summed E-state index contributed by atoms with van der Waals surface area (Å²) in [5.74, 6) is 1.30. The predicted octanol–water partition coefficient (Wildman–Crippen LogP) is 1.43. The quantitative estimate of drug-likeness (QED) is 0.860. The second-order valence-electron chi connectivity index (χ2n) is 3.65. The Morgan fingerprint density at radius 3 is 2.88 bits per heavy atom. The first-order chi connectivity index (χ1) is 8.29. The number of hydrogen-bond donors (Lipinski definition) is 1. The highest BCUT2D eigenvalue weighted by atomic mass is 16.6. The van der Waals surface area contributed by atoms with E-state index in [4.69, 9.17) is 14.2 Å². The molecule has 0 saturated carbocycles. The molecule has 0 aliphatic carbocycles. The summed E-state index contributed by atoms with van der Waals surface area (Å²) in [4.78, 5) is 11.5. The van der Waals surface area contributed by atoms with E-state index in [1.165, 1.54) is 0 Å².